The van der Waals surface area contributed by atoms with Gasteiger partial charge >= 0.3 is 0 Å². The van der Waals surface area contributed by atoms with Crippen LogP contribution in [0.25, 0.3) is 0 Å². The highest BCUT2D eigenvalue weighted by Crippen LogP contribution is 2.23. The Morgan fingerprint density at radius 3 is 2.09 bits per heavy atom. The molecule has 5 nitrogen and oxygen atoms in total. The van der Waals surface area contributed by atoms with Gasteiger partial charge in [-0.1, -0.05) is 44.0 Å². The minimum Gasteiger partial charge on any atom is -0.378 e. The third-order valence-electron chi connectivity index (χ3n) is 2.84. The number of amides is 2. The van der Waals surface area contributed by atoms with Crippen LogP contribution < -0.4 is 10.6 Å². The first-order valence-corrected chi connectivity index (χ1v) is 7.57. The number of aliphatic hydroxyl groups is 1. The molecule has 7 heteroatoms. The van der Waals surface area contributed by atoms with E-state index in [4.69, 9.17) is 23.2 Å². The van der Waals surface area contributed by atoms with Crippen LogP contribution in [-0.2, 0) is 9.59 Å². The molecule has 2 amide bonds. The first-order chi connectivity index (χ1) is 10.1. The maximum absolute atomic E-state index is 11.8. The standard InChI is InChI=1S/C15H20Cl2N2O3/c1-15(2,3)14(22)19-5-4-18-13(21)12(20)9-6-10(16)8-11(17)7-9/h6-8,12,20H,4-5H2,1-3H3,(H,18,21)(H,19,22). The van der Waals surface area contributed by atoms with Gasteiger partial charge in [0.05, 0.1) is 0 Å². The summed E-state index contributed by atoms with van der Waals surface area (Å²) in [5.74, 6) is -0.688. The fourth-order valence-electron chi connectivity index (χ4n) is 1.61. The van der Waals surface area contributed by atoms with Crippen molar-refractivity contribution < 1.29 is 14.7 Å². The maximum Gasteiger partial charge on any atom is 0.253 e. The molecule has 0 saturated heterocycles. The largest absolute Gasteiger partial charge is 0.378 e. The molecule has 0 heterocycles. The topological polar surface area (TPSA) is 78.4 Å². The fraction of sp³-hybridized carbons (Fsp3) is 0.467. The van der Waals surface area contributed by atoms with Crippen LogP contribution in [0, 0.1) is 5.41 Å². The van der Waals surface area contributed by atoms with E-state index in [9.17, 15) is 14.7 Å². The van der Waals surface area contributed by atoms with Gasteiger partial charge in [0.15, 0.2) is 6.10 Å². The molecule has 3 N–H and O–H groups in total. The van der Waals surface area contributed by atoms with Gasteiger partial charge in [0.1, 0.15) is 0 Å². The van der Waals surface area contributed by atoms with E-state index in [1.54, 1.807) is 20.8 Å². The van der Waals surface area contributed by atoms with E-state index in [1.165, 1.54) is 18.2 Å². The number of halogens is 2. The predicted octanol–water partition coefficient (Wildman–Crippen LogP) is 2.31. The zero-order valence-corrected chi connectivity index (χ0v) is 14.3. The Hall–Kier alpha value is -1.30. The van der Waals surface area contributed by atoms with Crippen LogP contribution in [0.5, 0.6) is 0 Å². The number of rotatable bonds is 5. The van der Waals surface area contributed by atoms with Gasteiger partial charge in [-0.25, -0.2) is 0 Å². The number of aliphatic hydroxyl groups excluding tert-OH is 1. The first kappa shape index (κ1) is 18.7. The van der Waals surface area contributed by atoms with Gasteiger partial charge in [0, 0.05) is 28.5 Å². The molecular formula is C15H20Cl2N2O3. The molecule has 1 aromatic rings. The van der Waals surface area contributed by atoms with Crippen molar-refractivity contribution in [2.24, 2.45) is 5.41 Å². The Bertz CT molecular complexity index is 536. The van der Waals surface area contributed by atoms with Crippen molar-refractivity contribution in [3.63, 3.8) is 0 Å². The molecule has 0 aromatic heterocycles. The number of benzene rings is 1. The van der Waals surface area contributed by atoms with Gasteiger partial charge in [-0.2, -0.15) is 0 Å². The molecule has 0 fully saturated rings. The zero-order valence-electron chi connectivity index (χ0n) is 12.7. The smallest absolute Gasteiger partial charge is 0.253 e. The normalized spacial score (nSPS) is 12.6. The number of nitrogens with one attached hydrogen (secondary N) is 2. The van der Waals surface area contributed by atoms with Gasteiger partial charge in [-0.05, 0) is 23.8 Å². The number of hydrogen-bond donors (Lipinski definition) is 3. The number of carbonyl (C=O) groups excluding carboxylic acids is 2. The summed E-state index contributed by atoms with van der Waals surface area (Å²) in [5, 5.41) is 15.9. The van der Waals surface area contributed by atoms with E-state index >= 15 is 0 Å². The van der Waals surface area contributed by atoms with Crippen LogP contribution in [0.4, 0.5) is 0 Å². The van der Waals surface area contributed by atoms with Crippen molar-refractivity contribution >= 4 is 35.0 Å². The monoisotopic (exact) mass is 346 g/mol. The Morgan fingerprint density at radius 1 is 1.09 bits per heavy atom. The summed E-state index contributed by atoms with van der Waals surface area (Å²) in [6.07, 6.45) is -1.37. The molecule has 0 aliphatic rings. The summed E-state index contributed by atoms with van der Waals surface area (Å²) in [6.45, 7) is 5.89. The lowest BCUT2D eigenvalue weighted by Gasteiger charge is -2.18. The summed E-state index contributed by atoms with van der Waals surface area (Å²) < 4.78 is 0. The molecule has 122 valence electrons. The van der Waals surface area contributed by atoms with Crippen LogP contribution in [0.2, 0.25) is 10.0 Å². The highest BCUT2D eigenvalue weighted by molar-refractivity contribution is 6.34. The van der Waals surface area contributed by atoms with Gasteiger partial charge in [0.2, 0.25) is 5.91 Å². The van der Waals surface area contributed by atoms with Crippen LogP contribution in [0.15, 0.2) is 18.2 Å². The van der Waals surface area contributed by atoms with Crippen LogP contribution >= 0.6 is 23.2 Å². The minimum atomic E-state index is -1.37. The molecule has 0 radical (unpaired) electrons. The first-order valence-electron chi connectivity index (χ1n) is 6.81. The average Bonchev–Trinajstić information content (AvgIpc) is 2.40. The van der Waals surface area contributed by atoms with E-state index < -0.39 is 17.4 Å². The zero-order chi connectivity index (χ0) is 16.9. The van der Waals surface area contributed by atoms with Gasteiger partial charge in [-0.15, -0.1) is 0 Å². The molecule has 1 rings (SSSR count). The quantitative estimate of drug-likeness (QED) is 0.715. The summed E-state index contributed by atoms with van der Waals surface area (Å²) in [5.41, 5.74) is -0.171. The molecule has 0 spiro atoms. The molecular weight excluding hydrogens is 327 g/mol. The Labute approximate surface area is 140 Å². The maximum atomic E-state index is 11.8. The molecule has 22 heavy (non-hydrogen) atoms. The Balaban J connectivity index is 2.47. The van der Waals surface area contributed by atoms with E-state index in [2.05, 4.69) is 10.6 Å². The molecule has 1 unspecified atom stereocenters. The van der Waals surface area contributed by atoms with E-state index in [1.807, 2.05) is 0 Å². The van der Waals surface area contributed by atoms with Crippen LogP contribution in [-0.4, -0.2) is 30.0 Å². The van der Waals surface area contributed by atoms with Crippen molar-refractivity contribution in [2.75, 3.05) is 13.1 Å². The van der Waals surface area contributed by atoms with Crippen LogP contribution in [0.3, 0.4) is 0 Å². The lowest BCUT2D eigenvalue weighted by atomic mass is 9.96. The predicted molar refractivity (Wildman–Crippen MR) is 86.9 cm³/mol. The van der Waals surface area contributed by atoms with Gasteiger partial charge < -0.3 is 15.7 Å². The SMILES string of the molecule is CC(C)(C)C(=O)NCCNC(=O)C(O)c1cc(Cl)cc(Cl)c1. The average molecular weight is 347 g/mol. The molecule has 0 aliphatic heterocycles. The molecule has 1 atom stereocenters. The molecule has 1 aromatic carbocycles. The molecule has 0 saturated carbocycles. The lowest BCUT2D eigenvalue weighted by molar-refractivity contribution is -0.130. The second-order valence-corrected chi connectivity index (χ2v) is 6.78. The van der Waals surface area contributed by atoms with Crippen molar-refractivity contribution in [3.05, 3.63) is 33.8 Å². The van der Waals surface area contributed by atoms with E-state index in [0.29, 0.717) is 15.6 Å². The van der Waals surface area contributed by atoms with E-state index in [0.717, 1.165) is 0 Å². The van der Waals surface area contributed by atoms with Crippen molar-refractivity contribution in [1.82, 2.24) is 10.6 Å². The Morgan fingerprint density at radius 2 is 1.59 bits per heavy atom. The fourth-order valence-corrected chi connectivity index (χ4v) is 2.15. The number of hydrogen-bond acceptors (Lipinski definition) is 3. The second kappa shape index (κ2) is 7.81. The third kappa shape index (κ3) is 5.83. The van der Waals surface area contributed by atoms with Gasteiger partial charge in [-0.3, -0.25) is 9.59 Å². The number of carbonyl (C=O) groups is 2. The highest BCUT2D eigenvalue weighted by atomic mass is 35.5. The van der Waals surface area contributed by atoms with Crippen LogP contribution in [0.1, 0.15) is 32.4 Å². The lowest BCUT2D eigenvalue weighted by Crippen LogP contribution is -2.40. The summed E-state index contributed by atoms with van der Waals surface area (Å²) in [4.78, 5) is 23.5. The molecule has 0 bridgehead atoms. The highest BCUT2D eigenvalue weighted by Gasteiger charge is 2.21. The second-order valence-electron chi connectivity index (χ2n) is 5.90. The van der Waals surface area contributed by atoms with Crippen molar-refractivity contribution in [1.29, 1.82) is 0 Å². The summed E-state index contributed by atoms with van der Waals surface area (Å²) in [7, 11) is 0. The summed E-state index contributed by atoms with van der Waals surface area (Å²) in [6, 6.07) is 4.46. The van der Waals surface area contributed by atoms with Crippen molar-refractivity contribution in [2.45, 2.75) is 26.9 Å². The third-order valence-corrected chi connectivity index (χ3v) is 3.28. The summed E-state index contributed by atoms with van der Waals surface area (Å²) >= 11 is 11.7. The minimum absolute atomic E-state index is 0.107. The molecule has 0 aliphatic carbocycles. The van der Waals surface area contributed by atoms with Gasteiger partial charge in [0.25, 0.3) is 5.91 Å². The Kier molecular flexibility index (Phi) is 6.66. The van der Waals surface area contributed by atoms with Crippen molar-refractivity contribution in [3.8, 4) is 0 Å². The van der Waals surface area contributed by atoms with E-state index in [-0.39, 0.29) is 19.0 Å².